The summed E-state index contributed by atoms with van der Waals surface area (Å²) in [6.45, 7) is 6.13. The number of amides is 2. The molecule has 2 N–H and O–H groups in total. The average Bonchev–Trinajstić information content (AvgIpc) is 3.90. The number of anilines is 4. The highest BCUT2D eigenvalue weighted by Crippen LogP contribution is 2.41. The molecule has 1 aliphatic carbocycles. The first-order valence-corrected chi connectivity index (χ1v) is 14.9. The topological polar surface area (TPSA) is 156 Å². The van der Waals surface area contributed by atoms with Crippen LogP contribution in [-0.2, 0) is 9.53 Å². The van der Waals surface area contributed by atoms with E-state index in [-0.39, 0.29) is 24.5 Å². The molecule has 4 heterocycles. The maximum atomic E-state index is 13.4. The number of piperazine rings is 1. The van der Waals surface area contributed by atoms with Crippen LogP contribution in [-0.4, -0.2) is 97.9 Å². The number of nitrogens with two attached hydrogens (primary N) is 1. The van der Waals surface area contributed by atoms with Crippen molar-refractivity contribution in [3.05, 3.63) is 46.3 Å². The Morgan fingerprint density at radius 2 is 1.88 bits per heavy atom. The van der Waals surface area contributed by atoms with Crippen molar-refractivity contribution in [1.82, 2.24) is 14.8 Å². The molecular formula is C29H38N10O4. The summed E-state index contributed by atoms with van der Waals surface area (Å²) >= 11 is 0. The number of benzene rings is 1. The molecule has 0 bridgehead atoms. The fourth-order valence-electron chi connectivity index (χ4n) is 6.35. The molecule has 43 heavy (non-hydrogen) atoms. The minimum Gasteiger partial charge on any atom is -0.494 e. The number of carbonyl (C=O) groups excluding carboxylic acids is 2. The summed E-state index contributed by atoms with van der Waals surface area (Å²) in [6, 6.07) is 8.97. The van der Waals surface area contributed by atoms with Crippen LogP contribution in [0.4, 0.5) is 23.0 Å². The number of azide groups is 1. The van der Waals surface area contributed by atoms with E-state index in [1.165, 1.54) is 22.8 Å². The first-order valence-electron chi connectivity index (χ1n) is 14.9. The van der Waals surface area contributed by atoms with Crippen LogP contribution in [0, 0.1) is 0 Å². The quantitative estimate of drug-likeness (QED) is 0.160. The molecular weight excluding hydrogens is 552 g/mol. The van der Waals surface area contributed by atoms with E-state index in [2.05, 4.69) is 14.9 Å². The Bertz CT molecular complexity index is 1410. The van der Waals surface area contributed by atoms with Gasteiger partial charge in [0.25, 0.3) is 5.91 Å². The highest BCUT2D eigenvalue weighted by molar-refractivity contribution is 6.05. The molecule has 2 amide bonds. The van der Waals surface area contributed by atoms with Crippen LogP contribution in [0.15, 0.2) is 35.4 Å². The number of fused-ring (bicyclic) bond motifs is 1. The number of nitrogens with zero attached hydrogens (tertiary/aromatic N) is 9. The Balaban J connectivity index is 1.28. The molecule has 14 heteroatoms. The number of hydrogen-bond acceptors (Lipinski definition) is 10. The summed E-state index contributed by atoms with van der Waals surface area (Å²) in [5.41, 5.74) is 10.6. The van der Waals surface area contributed by atoms with Crippen LogP contribution in [0.5, 0.6) is 5.75 Å². The fraction of sp³-hybridized carbons (Fsp3) is 0.552. The van der Waals surface area contributed by atoms with Gasteiger partial charge in [-0.25, -0.2) is 10.8 Å². The standard InChI is InChI=1S/C29H38N10O4/c1-19-28(40)37(18-32-34-30)24-7-8-26(33-27(24)38(19)22-9-15-43-16-10-22)39(31)23-6-3-20(17-25(23)42-2)29(41)36-13-11-35(12-14-36)21-4-5-21/h3,6-8,17,19,21-22H,4-5,9-16,18,31H2,1-2H3. The van der Waals surface area contributed by atoms with Gasteiger partial charge in [-0.3, -0.25) is 19.5 Å². The predicted octanol–water partition coefficient (Wildman–Crippen LogP) is 3.01. The highest BCUT2D eigenvalue weighted by atomic mass is 16.5. The van der Waals surface area contributed by atoms with Crippen molar-refractivity contribution >= 4 is 34.8 Å². The van der Waals surface area contributed by atoms with E-state index < -0.39 is 6.04 Å². The summed E-state index contributed by atoms with van der Waals surface area (Å²) in [5.74, 6) is 7.91. The lowest BCUT2D eigenvalue weighted by Gasteiger charge is -2.45. The largest absolute Gasteiger partial charge is 0.494 e. The number of hydrogen-bond donors (Lipinski definition) is 1. The van der Waals surface area contributed by atoms with Crippen LogP contribution >= 0.6 is 0 Å². The number of aromatic nitrogens is 1. The second-order valence-corrected chi connectivity index (χ2v) is 11.4. The van der Waals surface area contributed by atoms with Gasteiger partial charge in [-0.15, -0.1) is 0 Å². The van der Waals surface area contributed by atoms with Gasteiger partial charge in [-0.05, 0) is 68.5 Å². The summed E-state index contributed by atoms with van der Waals surface area (Å²) in [7, 11) is 1.55. The molecule has 2 aromatic rings. The first kappa shape index (κ1) is 29.0. The van der Waals surface area contributed by atoms with Crippen LogP contribution in [0.3, 0.4) is 0 Å². The van der Waals surface area contributed by atoms with Crippen LogP contribution in [0.1, 0.15) is 43.0 Å². The highest BCUT2D eigenvalue weighted by Gasteiger charge is 2.40. The summed E-state index contributed by atoms with van der Waals surface area (Å²) in [6.07, 6.45) is 4.04. The Morgan fingerprint density at radius 1 is 1.14 bits per heavy atom. The van der Waals surface area contributed by atoms with Gasteiger partial charge in [0.05, 0.1) is 12.8 Å². The Kier molecular flexibility index (Phi) is 8.26. The summed E-state index contributed by atoms with van der Waals surface area (Å²) < 4.78 is 11.3. The third-order valence-corrected chi connectivity index (χ3v) is 8.87. The van der Waals surface area contributed by atoms with Crippen LogP contribution in [0.2, 0.25) is 0 Å². The molecule has 228 valence electrons. The third-order valence-electron chi connectivity index (χ3n) is 8.87. The Morgan fingerprint density at radius 3 is 2.56 bits per heavy atom. The number of methoxy groups -OCH3 is 1. The van der Waals surface area contributed by atoms with Crippen LogP contribution in [0.25, 0.3) is 10.4 Å². The van der Waals surface area contributed by atoms with Gasteiger partial charge in [0.1, 0.15) is 30.0 Å². The van der Waals surface area contributed by atoms with E-state index >= 15 is 0 Å². The zero-order valence-electron chi connectivity index (χ0n) is 24.6. The molecule has 4 aliphatic rings. The molecule has 1 aromatic carbocycles. The molecule has 1 atom stereocenters. The van der Waals surface area contributed by atoms with Crippen molar-refractivity contribution in [1.29, 1.82) is 0 Å². The molecule has 0 spiro atoms. The molecule has 1 unspecified atom stereocenters. The zero-order valence-corrected chi connectivity index (χ0v) is 24.6. The lowest BCUT2D eigenvalue weighted by atomic mass is 10.0. The van der Waals surface area contributed by atoms with Gasteiger partial charge in [-0.2, -0.15) is 0 Å². The van der Waals surface area contributed by atoms with E-state index in [0.29, 0.717) is 66.7 Å². The molecule has 3 aliphatic heterocycles. The summed E-state index contributed by atoms with van der Waals surface area (Å²) in [4.78, 5) is 42.4. The third kappa shape index (κ3) is 5.66. The monoisotopic (exact) mass is 590 g/mol. The van der Waals surface area contributed by atoms with Crippen LogP contribution < -0.4 is 25.4 Å². The van der Waals surface area contributed by atoms with E-state index in [0.717, 1.165) is 25.9 Å². The maximum absolute atomic E-state index is 13.4. The first-order chi connectivity index (χ1) is 20.9. The lowest BCUT2D eigenvalue weighted by molar-refractivity contribution is -0.120. The predicted molar refractivity (Wildman–Crippen MR) is 161 cm³/mol. The minimum absolute atomic E-state index is 0.0262. The maximum Gasteiger partial charge on any atom is 0.254 e. The second kappa shape index (κ2) is 12.3. The molecule has 3 fully saturated rings. The Labute approximate surface area is 250 Å². The number of pyridine rings is 1. The fourth-order valence-corrected chi connectivity index (χ4v) is 6.35. The van der Waals surface area contributed by atoms with E-state index in [4.69, 9.17) is 25.8 Å². The second-order valence-electron chi connectivity index (χ2n) is 11.4. The smallest absolute Gasteiger partial charge is 0.254 e. The van der Waals surface area contributed by atoms with Gasteiger partial charge >= 0.3 is 0 Å². The van der Waals surface area contributed by atoms with Gasteiger partial charge < -0.3 is 24.2 Å². The molecule has 2 saturated heterocycles. The molecule has 6 rings (SSSR count). The number of rotatable bonds is 8. The number of carbonyl (C=O) groups is 2. The van der Waals surface area contributed by atoms with Gasteiger partial charge in [0.15, 0.2) is 5.82 Å². The normalized spacial score (nSPS) is 21.3. The van der Waals surface area contributed by atoms with Crippen molar-refractivity contribution < 1.29 is 19.1 Å². The zero-order chi connectivity index (χ0) is 30.1. The Hall–Kier alpha value is -4.10. The summed E-state index contributed by atoms with van der Waals surface area (Å²) in [5, 5.41) is 5.07. The van der Waals surface area contributed by atoms with Gasteiger partial charge in [0, 0.05) is 62.0 Å². The van der Waals surface area contributed by atoms with Crippen molar-refractivity contribution in [2.45, 2.75) is 50.7 Å². The number of hydrazine groups is 1. The molecule has 1 aromatic heterocycles. The van der Waals surface area contributed by atoms with Gasteiger partial charge in [0.2, 0.25) is 5.91 Å². The van der Waals surface area contributed by atoms with Crippen molar-refractivity contribution in [2.24, 2.45) is 11.0 Å². The van der Waals surface area contributed by atoms with Crippen molar-refractivity contribution in [2.75, 3.05) is 68.0 Å². The SMILES string of the molecule is COc1cc(C(=O)N2CCN(C3CC3)CC2)ccc1N(N)c1ccc2c(n1)N(C1CCOCC1)C(C)C(=O)N2CN=[N+]=[N-]. The van der Waals surface area contributed by atoms with E-state index in [1.807, 2.05) is 16.7 Å². The molecule has 14 nitrogen and oxygen atoms in total. The lowest BCUT2D eigenvalue weighted by Crippen LogP contribution is -2.57. The number of ether oxygens (including phenoxy) is 2. The molecule has 1 saturated carbocycles. The van der Waals surface area contributed by atoms with E-state index in [1.54, 1.807) is 37.4 Å². The molecule has 0 radical (unpaired) electrons. The van der Waals surface area contributed by atoms with E-state index in [9.17, 15) is 9.59 Å². The average molecular weight is 591 g/mol. The van der Waals surface area contributed by atoms with Crippen molar-refractivity contribution in [3.63, 3.8) is 0 Å². The van der Waals surface area contributed by atoms with Gasteiger partial charge in [-0.1, -0.05) is 5.11 Å². The van der Waals surface area contributed by atoms with Crippen molar-refractivity contribution in [3.8, 4) is 5.75 Å². The minimum atomic E-state index is -0.524.